The Bertz CT molecular complexity index is 1480. The minimum absolute atomic E-state index is 0.327. The summed E-state index contributed by atoms with van der Waals surface area (Å²) in [5.74, 6) is 0.327. The van der Waals surface area contributed by atoms with Gasteiger partial charge in [0.05, 0.1) is 5.69 Å². The third-order valence-corrected chi connectivity index (χ3v) is 6.90. The number of para-hydroxylation sites is 3. The molecule has 1 unspecified atom stereocenters. The standard InChI is InChI=1S/C27H21N3/c1-4-10-22-16(7-1)19-13-26-21(18-9-3-5-11-23(18)29-26)15-27-20(14-25(19)28-22)17-8-2-6-12-24(17)30-27/h1-12,19,29-30H,13-15H2. The molecule has 0 fully saturated rings. The number of nitrogens with zero attached hydrogens (tertiary/aromatic N) is 1. The van der Waals surface area contributed by atoms with E-state index in [4.69, 9.17) is 4.99 Å². The molecular weight excluding hydrogens is 366 g/mol. The van der Waals surface area contributed by atoms with Crippen LogP contribution in [0.3, 0.4) is 0 Å². The number of H-pyrrole nitrogens is 2. The van der Waals surface area contributed by atoms with Gasteiger partial charge >= 0.3 is 0 Å². The molecule has 0 radical (unpaired) electrons. The van der Waals surface area contributed by atoms with Crippen LogP contribution in [0, 0.1) is 0 Å². The Morgan fingerprint density at radius 3 is 2.10 bits per heavy atom. The third kappa shape index (κ3) is 2.23. The molecule has 1 aliphatic heterocycles. The first-order chi connectivity index (χ1) is 14.8. The number of rotatable bonds is 0. The highest BCUT2D eigenvalue weighted by atomic mass is 14.8. The van der Waals surface area contributed by atoms with Crippen molar-refractivity contribution in [3.05, 3.63) is 101 Å². The van der Waals surface area contributed by atoms with Gasteiger partial charge in [-0.25, -0.2) is 0 Å². The molecule has 2 aromatic heterocycles. The summed E-state index contributed by atoms with van der Waals surface area (Å²) in [6.07, 6.45) is 2.80. The molecule has 3 heteroatoms. The first kappa shape index (κ1) is 16.2. The highest BCUT2D eigenvalue weighted by Gasteiger charge is 2.31. The Hall–Kier alpha value is -3.59. The Balaban J connectivity index is 1.53. The van der Waals surface area contributed by atoms with Crippen LogP contribution in [0.15, 0.2) is 77.8 Å². The number of nitrogens with one attached hydrogen (secondary N) is 2. The number of hydrogen-bond acceptors (Lipinski definition) is 1. The lowest BCUT2D eigenvalue weighted by atomic mass is 9.88. The average Bonchev–Trinajstić information content (AvgIpc) is 3.42. The van der Waals surface area contributed by atoms with Crippen LogP contribution in [0.5, 0.6) is 0 Å². The molecule has 2 N–H and O–H groups in total. The lowest BCUT2D eigenvalue weighted by Gasteiger charge is -2.14. The summed E-state index contributed by atoms with van der Waals surface area (Å²) in [5.41, 5.74) is 11.7. The van der Waals surface area contributed by atoms with Crippen LogP contribution in [0.4, 0.5) is 5.69 Å². The fourth-order valence-electron chi connectivity index (χ4n) is 5.49. The van der Waals surface area contributed by atoms with E-state index in [0.717, 1.165) is 24.9 Å². The molecule has 144 valence electrons. The second-order valence-electron chi connectivity index (χ2n) is 8.53. The monoisotopic (exact) mass is 387 g/mol. The predicted octanol–water partition coefficient (Wildman–Crippen LogP) is 6.21. The zero-order chi connectivity index (χ0) is 19.7. The molecule has 5 aromatic rings. The lowest BCUT2D eigenvalue weighted by Crippen LogP contribution is -2.14. The largest absolute Gasteiger partial charge is 0.358 e. The highest BCUT2D eigenvalue weighted by molar-refractivity contribution is 6.02. The molecule has 0 spiro atoms. The molecule has 3 heterocycles. The second-order valence-corrected chi connectivity index (χ2v) is 8.53. The molecule has 30 heavy (non-hydrogen) atoms. The Kier molecular flexibility index (Phi) is 3.22. The van der Waals surface area contributed by atoms with Crippen molar-refractivity contribution in [2.75, 3.05) is 0 Å². The zero-order valence-electron chi connectivity index (χ0n) is 16.6. The molecule has 2 aliphatic rings. The maximum absolute atomic E-state index is 5.12. The van der Waals surface area contributed by atoms with Gasteiger partial charge in [-0.3, -0.25) is 4.99 Å². The molecule has 7 rings (SSSR count). The number of aromatic nitrogens is 2. The van der Waals surface area contributed by atoms with Crippen molar-refractivity contribution < 1.29 is 0 Å². The normalized spacial score (nSPS) is 17.5. The number of benzene rings is 3. The van der Waals surface area contributed by atoms with Crippen LogP contribution in [0.25, 0.3) is 21.8 Å². The van der Waals surface area contributed by atoms with E-state index in [1.54, 1.807) is 0 Å². The van der Waals surface area contributed by atoms with Crippen LogP contribution in [0.1, 0.15) is 34.0 Å². The van der Waals surface area contributed by atoms with Gasteiger partial charge < -0.3 is 9.97 Å². The fraction of sp³-hybridized carbons (Fsp3) is 0.148. The molecule has 3 aromatic carbocycles. The summed E-state index contributed by atoms with van der Waals surface area (Å²) in [4.78, 5) is 12.6. The van der Waals surface area contributed by atoms with E-state index < -0.39 is 0 Å². The van der Waals surface area contributed by atoms with E-state index in [1.165, 1.54) is 55.6 Å². The van der Waals surface area contributed by atoms with Crippen molar-refractivity contribution in [3.63, 3.8) is 0 Å². The van der Waals surface area contributed by atoms with E-state index in [0.29, 0.717) is 5.92 Å². The minimum Gasteiger partial charge on any atom is -0.358 e. The van der Waals surface area contributed by atoms with Crippen LogP contribution in [-0.4, -0.2) is 15.7 Å². The van der Waals surface area contributed by atoms with Crippen LogP contribution < -0.4 is 0 Å². The van der Waals surface area contributed by atoms with Gasteiger partial charge in [0.1, 0.15) is 0 Å². The van der Waals surface area contributed by atoms with Crippen molar-refractivity contribution in [1.82, 2.24) is 9.97 Å². The number of fused-ring (bicyclic) bond motifs is 9. The van der Waals surface area contributed by atoms with E-state index in [2.05, 4.69) is 82.8 Å². The molecule has 0 amide bonds. The van der Waals surface area contributed by atoms with Crippen molar-refractivity contribution >= 4 is 33.2 Å². The predicted molar refractivity (Wildman–Crippen MR) is 123 cm³/mol. The summed E-state index contributed by atoms with van der Waals surface area (Å²) >= 11 is 0. The van der Waals surface area contributed by atoms with E-state index in [-0.39, 0.29) is 0 Å². The maximum Gasteiger partial charge on any atom is 0.0668 e. The van der Waals surface area contributed by atoms with Crippen LogP contribution in [-0.2, 0) is 19.3 Å². The summed E-state index contributed by atoms with van der Waals surface area (Å²) in [5, 5.41) is 2.66. The Morgan fingerprint density at radius 2 is 1.30 bits per heavy atom. The van der Waals surface area contributed by atoms with Crippen molar-refractivity contribution in [2.45, 2.75) is 25.2 Å². The molecular formula is C27H21N3. The Morgan fingerprint density at radius 1 is 0.667 bits per heavy atom. The van der Waals surface area contributed by atoms with Gasteiger partial charge in [-0.15, -0.1) is 0 Å². The van der Waals surface area contributed by atoms with Gasteiger partial charge in [-0.2, -0.15) is 0 Å². The SMILES string of the molecule is c1ccc2c(c1)N=C1Cc3c([nH]c4ccccc34)Cc3c([nH]c4ccccc34)CC12. The molecule has 1 aliphatic carbocycles. The summed E-state index contributed by atoms with van der Waals surface area (Å²) < 4.78 is 0. The molecule has 1 atom stereocenters. The third-order valence-electron chi connectivity index (χ3n) is 6.90. The summed E-state index contributed by atoms with van der Waals surface area (Å²) in [7, 11) is 0. The number of aromatic amines is 2. The van der Waals surface area contributed by atoms with Crippen molar-refractivity contribution in [1.29, 1.82) is 0 Å². The van der Waals surface area contributed by atoms with Crippen LogP contribution >= 0.6 is 0 Å². The second kappa shape index (κ2) is 5.96. The molecule has 0 saturated heterocycles. The molecule has 0 bridgehead atoms. The first-order valence-electron chi connectivity index (χ1n) is 10.7. The summed E-state index contributed by atoms with van der Waals surface area (Å²) in [6.45, 7) is 0. The van der Waals surface area contributed by atoms with E-state index >= 15 is 0 Å². The summed E-state index contributed by atoms with van der Waals surface area (Å²) in [6, 6.07) is 26.0. The van der Waals surface area contributed by atoms with Gasteiger partial charge in [0.15, 0.2) is 0 Å². The van der Waals surface area contributed by atoms with E-state index in [9.17, 15) is 0 Å². The first-order valence-corrected chi connectivity index (χ1v) is 10.7. The topological polar surface area (TPSA) is 43.9 Å². The van der Waals surface area contributed by atoms with Gasteiger partial charge in [0.25, 0.3) is 0 Å². The quantitative estimate of drug-likeness (QED) is 0.317. The van der Waals surface area contributed by atoms with Crippen LogP contribution in [0.2, 0.25) is 0 Å². The lowest BCUT2D eigenvalue weighted by molar-refractivity contribution is 0.855. The Labute approximate surface area is 174 Å². The highest BCUT2D eigenvalue weighted by Crippen LogP contribution is 2.42. The van der Waals surface area contributed by atoms with Gasteiger partial charge in [-0.1, -0.05) is 54.6 Å². The maximum atomic E-state index is 5.12. The van der Waals surface area contributed by atoms with Crippen molar-refractivity contribution in [2.24, 2.45) is 4.99 Å². The smallest absolute Gasteiger partial charge is 0.0668 e. The van der Waals surface area contributed by atoms with Gasteiger partial charge in [0.2, 0.25) is 0 Å². The molecule has 3 nitrogen and oxygen atoms in total. The minimum atomic E-state index is 0.327. The van der Waals surface area contributed by atoms with Crippen molar-refractivity contribution in [3.8, 4) is 0 Å². The number of aliphatic imine (C=N–C) groups is 1. The number of hydrogen-bond donors (Lipinski definition) is 2. The zero-order valence-corrected chi connectivity index (χ0v) is 16.6. The average molecular weight is 387 g/mol. The molecule has 0 saturated carbocycles. The van der Waals surface area contributed by atoms with E-state index in [1.807, 2.05) is 0 Å². The fourth-order valence-corrected chi connectivity index (χ4v) is 5.49. The van der Waals surface area contributed by atoms with Gasteiger partial charge in [-0.05, 0) is 41.3 Å². The van der Waals surface area contributed by atoms with Gasteiger partial charge in [0, 0.05) is 57.7 Å².